The van der Waals surface area contributed by atoms with Gasteiger partial charge in [-0.15, -0.1) is 0 Å². The van der Waals surface area contributed by atoms with E-state index in [0.717, 1.165) is 33.2 Å². The molecule has 1 unspecified atom stereocenters. The van der Waals surface area contributed by atoms with E-state index in [0.29, 0.717) is 23.0 Å². The summed E-state index contributed by atoms with van der Waals surface area (Å²) in [7, 11) is 0. The minimum atomic E-state index is -0.619. The van der Waals surface area contributed by atoms with Gasteiger partial charge in [-0.2, -0.15) is 0 Å². The van der Waals surface area contributed by atoms with Crippen LogP contribution in [-0.4, -0.2) is 25.0 Å². The van der Waals surface area contributed by atoms with Crippen LogP contribution in [0.25, 0.3) is 78.4 Å². The SMILES string of the molecule is Oc1c(-c2ccc3c(c2)C2(c4ccccc4-c4ccc(-c5nc(-c6ccccc6)nc(-c6ccccc6)n5)cc42)c2ccccc2-3)ccc2cccnc12. The number of nitrogens with zero attached hydrogens (tertiary/aromatic N) is 4. The largest absolute Gasteiger partial charge is 0.505 e. The molecule has 1 atom stereocenters. The first-order valence-corrected chi connectivity index (χ1v) is 18.1. The van der Waals surface area contributed by atoms with Crippen molar-refractivity contribution in [1.29, 1.82) is 0 Å². The summed E-state index contributed by atoms with van der Waals surface area (Å²) in [6, 6.07) is 58.9. The van der Waals surface area contributed by atoms with Gasteiger partial charge in [0.2, 0.25) is 0 Å². The number of hydrogen-bond donors (Lipinski definition) is 1. The molecule has 1 spiro atoms. The molecule has 11 rings (SSSR count). The number of aromatic hydroxyl groups is 1. The van der Waals surface area contributed by atoms with E-state index in [4.69, 9.17) is 15.0 Å². The molecule has 7 aromatic carbocycles. The Labute approximate surface area is 312 Å². The van der Waals surface area contributed by atoms with E-state index in [-0.39, 0.29) is 5.75 Å². The molecule has 2 aliphatic rings. The highest BCUT2D eigenvalue weighted by atomic mass is 16.3. The molecule has 5 nitrogen and oxygen atoms in total. The molecule has 0 radical (unpaired) electrons. The number of phenolic OH excluding ortho intramolecular Hbond substituents is 1. The van der Waals surface area contributed by atoms with Gasteiger partial charge in [0, 0.05) is 33.8 Å². The Hall–Kier alpha value is -7.24. The number of hydrogen-bond acceptors (Lipinski definition) is 5. The Morgan fingerprint density at radius 1 is 0.370 bits per heavy atom. The van der Waals surface area contributed by atoms with E-state index in [1.165, 1.54) is 44.5 Å². The lowest BCUT2D eigenvalue weighted by Crippen LogP contribution is -2.26. The third kappa shape index (κ3) is 4.33. The molecule has 2 aromatic heterocycles. The summed E-state index contributed by atoms with van der Waals surface area (Å²) in [6.07, 6.45) is 1.72. The number of benzene rings is 7. The fraction of sp³-hybridized carbons (Fsp3) is 0.0204. The van der Waals surface area contributed by atoms with Gasteiger partial charge in [-0.25, -0.2) is 15.0 Å². The first-order valence-electron chi connectivity index (χ1n) is 18.1. The summed E-state index contributed by atoms with van der Waals surface area (Å²) in [6.45, 7) is 0. The van der Waals surface area contributed by atoms with Gasteiger partial charge in [0.1, 0.15) is 11.3 Å². The monoisotopic (exact) mass is 690 g/mol. The van der Waals surface area contributed by atoms with Crippen molar-refractivity contribution in [2.45, 2.75) is 5.41 Å². The molecule has 0 aliphatic heterocycles. The zero-order chi connectivity index (χ0) is 35.8. The number of rotatable bonds is 4. The molecule has 1 N–H and O–H groups in total. The summed E-state index contributed by atoms with van der Waals surface area (Å²) in [5.41, 5.74) is 14.0. The van der Waals surface area contributed by atoms with Gasteiger partial charge in [0.15, 0.2) is 17.5 Å². The average molecular weight is 691 g/mol. The van der Waals surface area contributed by atoms with Crippen molar-refractivity contribution in [2.75, 3.05) is 0 Å². The summed E-state index contributed by atoms with van der Waals surface area (Å²) >= 11 is 0. The van der Waals surface area contributed by atoms with Crippen molar-refractivity contribution in [1.82, 2.24) is 19.9 Å². The van der Waals surface area contributed by atoms with Gasteiger partial charge in [-0.3, -0.25) is 4.98 Å². The van der Waals surface area contributed by atoms with Crippen LogP contribution in [-0.2, 0) is 5.41 Å². The lowest BCUT2D eigenvalue weighted by molar-refractivity contribution is 0.482. The molecule has 0 saturated heterocycles. The van der Waals surface area contributed by atoms with Gasteiger partial charge in [0.25, 0.3) is 0 Å². The van der Waals surface area contributed by atoms with Gasteiger partial charge >= 0.3 is 0 Å². The highest BCUT2D eigenvalue weighted by Gasteiger charge is 2.51. The zero-order valence-electron chi connectivity index (χ0n) is 29.0. The lowest BCUT2D eigenvalue weighted by Gasteiger charge is -2.31. The van der Waals surface area contributed by atoms with Crippen LogP contribution in [0.1, 0.15) is 22.3 Å². The molecular formula is C49H30N4O. The zero-order valence-corrected chi connectivity index (χ0v) is 29.0. The van der Waals surface area contributed by atoms with E-state index >= 15 is 0 Å². The quantitative estimate of drug-likeness (QED) is 0.199. The molecule has 5 heteroatoms. The second-order valence-corrected chi connectivity index (χ2v) is 13.9. The van der Waals surface area contributed by atoms with E-state index in [1.54, 1.807) is 6.20 Å². The Bertz CT molecular complexity index is 2890. The Kier molecular flexibility index (Phi) is 6.55. The van der Waals surface area contributed by atoms with Crippen LogP contribution in [0, 0.1) is 0 Å². The molecule has 2 aliphatic carbocycles. The van der Waals surface area contributed by atoms with Gasteiger partial charge in [-0.1, -0.05) is 146 Å². The van der Waals surface area contributed by atoms with E-state index in [9.17, 15) is 5.11 Å². The van der Waals surface area contributed by atoms with Crippen molar-refractivity contribution < 1.29 is 5.11 Å². The van der Waals surface area contributed by atoms with E-state index in [1.807, 2.05) is 84.9 Å². The normalized spacial score (nSPS) is 14.8. The van der Waals surface area contributed by atoms with Crippen LogP contribution in [0.15, 0.2) is 176 Å². The molecule has 2 heterocycles. The molecule has 0 saturated carbocycles. The van der Waals surface area contributed by atoms with Crippen LogP contribution in [0.4, 0.5) is 0 Å². The summed E-state index contributed by atoms with van der Waals surface area (Å²) in [5, 5.41) is 12.5. The minimum absolute atomic E-state index is 0.186. The topological polar surface area (TPSA) is 71.8 Å². The van der Waals surface area contributed by atoms with Crippen LogP contribution in [0.2, 0.25) is 0 Å². The Balaban J connectivity index is 1.17. The van der Waals surface area contributed by atoms with E-state index < -0.39 is 5.41 Å². The Morgan fingerprint density at radius 2 is 0.852 bits per heavy atom. The van der Waals surface area contributed by atoms with Gasteiger partial charge < -0.3 is 5.11 Å². The minimum Gasteiger partial charge on any atom is -0.505 e. The fourth-order valence-corrected chi connectivity index (χ4v) is 8.75. The second kappa shape index (κ2) is 11.6. The van der Waals surface area contributed by atoms with Crippen molar-refractivity contribution in [3.63, 3.8) is 0 Å². The summed E-state index contributed by atoms with van der Waals surface area (Å²) in [5.74, 6) is 2.06. The average Bonchev–Trinajstić information content (AvgIpc) is 3.71. The first-order chi connectivity index (χ1) is 26.7. The van der Waals surface area contributed by atoms with Crippen molar-refractivity contribution >= 4 is 10.9 Å². The van der Waals surface area contributed by atoms with Gasteiger partial charge in [-0.05, 0) is 74.3 Å². The standard InChI is InChI=1S/C49H30N4O/c54-45-35(24-21-30-16-11-27-50-44(30)45)33-22-25-38-36-17-7-9-19-40(36)49(42(38)28-33)41-20-10-8-18-37(41)39-26-23-34(29-43(39)49)48-52-46(31-12-3-1-4-13-31)51-47(53-48)32-14-5-2-6-15-32/h1-29,54H. The smallest absolute Gasteiger partial charge is 0.164 e. The number of phenols is 1. The first kappa shape index (κ1) is 30.4. The molecule has 9 aromatic rings. The molecule has 0 amide bonds. The predicted octanol–water partition coefficient (Wildman–Crippen LogP) is 11.1. The van der Waals surface area contributed by atoms with E-state index in [2.05, 4.69) is 89.9 Å². The van der Waals surface area contributed by atoms with Crippen LogP contribution in [0.3, 0.4) is 0 Å². The van der Waals surface area contributed by atoms with Gasteiger partial charge in [0.05, 0.1) is 5.41 Å². The van der Waals surface area contributed by atoms with Crippen LogP contribution in [0.5, 0.6) is 5.75 Å². The lowest BCUT2D eigenvalue weighted by atomic mass is 9.70. The molecule has 54 heavy (non-hydrogen) atoms. The van der Waals surface area contributed by atoms with Crippen LogP contribution >= 0.6 is 0 Å². The predicted molar refractivity (Wildman–Crippen MR) is 215 cm³/mol. The van der Waals surface area contributed by atoms with Crippen molar-refractivity contribution in [2.24, 2.45) is 0 Å². The summed E-state index contributed by atoms with van der Waals surface area (Å²) < 4.78 is 0. The maximum Gasteiger partial charge on any atom is 0.164 e. The molecule has 0 bridgehead atoms. The molecule has 252 valence electrons. The third-order valence-electron chi connectivity index (χ3n) is 11.1. The molecule has 0 fully saturated rings. The summed E-state index contributed by atoms with van der Waals surface area (Å²) in [4.78, 5) is 19.7. The number of fused-ring (bicyclic) bond motifs is 11. The maximum atomic E-state index is 11.6. The molecular weight excluding hydrogens is 661 g/mol. The third-order valence-corrected chi connectivity index (χ3v) is 11.1. The maximum absolute atomic E-state index is 11.6. The second-order valence-electron chi connectivity index (χ2n) is 13.9. The highest BCUT2D eigenvalue weighted by molar-refractivity contribution is 5.98. The van der Waals surface area contributed by atoms with Crippen LogP contribution < -0.4 is 0 Å². The van der Waals surface area contributed by atoms with Crippen molar-refractivity contribution in [3.8, 4) is 73.3 Å². The number of pyridine rings is 1. The fourth-order valence-electron chi connectivity index (χ4n) is 8.75. The highest BCUT2D eigenvalue weighted by Crippen LogP contribution is 2.63. The Morgan fingerprint density at radius 3 is 1.46 bits per heavy atom. The van der Waals surface area contributed by atoms with Crippen molar-refractivity contribution in [3.05, 3.63) is 198 Å². The number of aromatic nitrogens is 4.